The summed E-state index contributed by atoms with van der Waals surface area (Å²) < 4.78 is 8.31. The van der Waals surface area contributed by atoms with E-state index in [0.717, 1.165) is 31.0 Å². The number of hydrogen-bond acceptors (Lipinski definition) is 2. The first-order valence-electron chi connectivity index (χ1n) is 9.62. The smallest absolute Gasteiger partial charge is 0.0945 e. The average molecular weight is 363 g/mol. The molecule has 0 amide bonds. The van der Waals surface area contributed by atoms with Crippen LogP contribution in [0.4, 0.5) is 0 Å². The molecule has 138 valence electrons. The number of hydrogen-bond donors (Lipinski definition) is 0. The summed E-state index contributed by atoms with van der Waals surface area (Å²) in [5.41, 5.74) is 1.20. The molecule has 25 heavy (non-hydrogen) atoms. The monoisotopic (exact) mass is 362 g/mol. The fourth-order valence-corrected chi connectivity index (χ4v) is 3.12. The molecule has 3 nitrogen and oxygen atoms in total. The van der Waals surface area contributed by atoms with Crippen molar-refractivity contribution in [1.82, 2.24) is 9.55 Å². The Morgan fingerprint density at radius 3 is 2.44 bits per heavy atom. The van der Waals surface area contributed by atoms with Gasteiger partial charge in [-0.3, -0.25) is 0 Å². The highest BCUT2D eigenvalue weighted by Gasteiger charge is 2.12. The van der Waals surface area contributed by atoms with E-state index in [4.69, 9.17) is 16.3 Å². The fraction of sp³-hybridized carbons (Fsp3) is 0.571. The normalized spacial score (nSPS) is 12.4. The molecule has 0 radical (unpaired) electrons. The van der Waals surface area contributed by atoms with Crippen molar-refractivity contribution < 1.29 is 4.74 Å². The molecule has 0 aliphatic carbocycles. The summed E-state index contributed by atoms with van der Waals surface area (Å²) >= 11 is 6.02. The van der Waals surface area contributed by atoms with Gasteiger partial charge in [-0.05, 0) is 30.5 Å². The first kappa shape index (κ1) is 20.0. The van der Waals surface area contributed by atoms with Crippen LogP contribution in [0, 0.1) is 0 Å². The summed E-state index contributed by atoms with van der Waals surface area (Å²) in [6, 6.07) is 8.04. The lowest BCUT2D eigenvalue weighted by molar-refractivity contribution is 0.0410. The van der Waals surface area contributed by atoms with Gasteiger partial charge in [-0.1, -0.05) is 69.2 Å². The van der Waals surface area contributed by atoms with Gasteiger partial charge in [-0.25, -0.2) is 4.98 Å². The Bertz CT molecular complexity index is 554. The van der Waals surface area contributed by atoms with E-state index in [9.17, 15) is 0 Å². The van der Waals surface area contributed by atoms with Gasteiger partial charge in [0.05, 0.1) is 12.4 Å². The Labute approximate surface area is 157 Å². The zero-order valence-electron chi connectivity index (χ0n) is 15.4. The van der Waals surface area contributed by atoms with Crippen molar-refractivity contribution in [1.29, 1.82) is 0 Å². The molecular formula is C21H31ClN2O. The van der Waals surface area contributed by atoms with Gasteiger partial charge in [0.2, 0.25) is 0 Å². The predicted molar refractivity (Wildman–Crippen MR) is 105 cm³/mol. The molecule has 0 saturated heterocycles. The molecule has 0 fully saturated rings. The average Bonchev–Trinajstić information content (AvgIpc) is 3.14. The van der Waals surface area contributed by atoms with Crippen LogP contribution in [-0.2, 0) is 11.3 Å². The van der Waals surface area contributed by atoms with E-state index in [2.05, 4.69) is 28.6 Å². The van der Waals surface area contributed by atoms with Crippen molar-refractivity contribution in [3.8, 4) is 0 Å². The van der Waals surface area contributed by atoms with Gasteiger partial charge in [-0.2, -0.15) is 0 Å². The van der Waals surface area contributed by atoms with E-state index in [0.29, 0.717) is 0 Å². The molecule has 0 bridgehead atoms. The third kappa shape index (κ3) is 8.06. The second kappa shape index (κ2) is 12.1. The molecule has 0 saturated carbocycles. The van der Waals surface area contributed by atoms with Gasteiger partial charge >= 0.3 is 0 Å². The predicted octanol–water partition coefficient (Wildman–Crippen LogP) is 6.44. The van der Waals surface area contributed by atoms with E-state index < -0.39 is 0 Å². The Kier molecular flexibility index (Phi) is 9.68. The highest BCUT2D eigenvalue weighted by atomic mass is 35.5. The summed E-state index contributed by atoms with van der Waals surface area (Å²) in [6.07, 6.45) is 15.8. The van der Waals surface area contributed by atoms with E-state index in [1.165, 1.54) is 44.1 Å². The zero-order valence-corrected chi connectivity index (χ0v) is 16.1. The van der Waals surface area contributed by atoms with Crippen molar-refractivity contribution in [3.05, 3.63) is 53.6 Å². The van der Waals surface area contributed by atoms with Gasteiger partial charge in [0.25, 0.3) is 0 Å². The number of aryl methyl sites for hydroxylation is 1. The lowest BCUT2D eigenvalue weighted by Crippen LogP contribution is -2.09. The molecule has 4 heteroatoms. The fourth-order valence-electron chi connectivity index (χ4n) is 2.99. The van der Waals surface area contributed by atoms with Crippen molar-refractivity contribution in [2.75, 3.05) is 6.61 Å². The topological polar surface area (TPSA) is 27.1 Å². The van der Waals surface area contributed by atoms with Crippen LogP contribution in [0.25, 0.3) is 0 Å². The van der Waals surface area contributed by atoms with Gasteiger partial charge in [0, 0.05) is 30.6 Å². The second-order valence-electron chi connectivity index (χ2n) is 6.62. The lowest BCUT2D eigenvalue weighted by atomic mass is 10.1. The molecule has 0 aliphatic heterocycles. The molecular weight excluding hydrogens is 332 g/mol. The SMILES string of the molecule is CCCCCCCCCOC(CCn1ccnc1)c1ccc(Cl)cc1. The van der Waals surface area contributed by atoms with Crippen molar-refractivity contribution in [2.45, 2.75) is 70.9 Å². The van der Waals surface area contributed by atoms with Gasteiger partial charge in [0.15, 0.2) is 0 Å². The minimum atomic E-state index is 0.111. The summed E-state index contributed by atoms with van der Waals surface area (Å²) in [5.74, 6) is 0. The van der Waals surface area contributed by atoms with Gasteiger partial charge in [0.1, 0.15) is 0 Å². The third-order valence-corrected chi connectivity index (χ3v) is 4.77. The molecule has 0 aliphatic rings. The molecule has 1 atom stereocenters. The molecule has 0 spiro atoms. The Balaban J connectivity index is 1.75. The van der Waals surface area contributed by atoms with Crippen LogP contribution in [0.5, 0.6) is 0 Å². The number of imidazole rings is 1. The second-order valence-corrected chi connectivity index (χ2v) is 7.06. The molecule has 1 aromatic heterocycles. The molecule has 2 rings (SSSR count). The van der Waals surface area contributed by atoms with Crippen molar-refractivity contribution >= 4 is 11.6 Å². The molecule has 1 aromatic carbocycles. The zero-order chi connectivity index (χ0) is 17.7. The van der Waals surface area contributed by atoms with E-state index in [-0.39, 0.29) is 6.10 Å². The van der Waals surface area contributed by atoms with Crippen molar-refractivity contribution in [3.63, 3.8) is 0 Å². The number of benzene rings is 1. The first-order chi connectivity index (χ1) is 12.3. The summed E-state index contributed by atoms with van der Waals surface area (Å²) in [5, 5.41) is 0.768. The quantitative estimate of drug-likeness (QED) is 0.383. The van der Waals surface area contributed by atoms with Crippen LogP contribution in [0.1, 0.15) is 70.0 Å². The number of rotatable bonds is 13. The standard InChI is InChI=1S/C21H31ClN2O/c1-2-3-4-5-6-7-8-17-25-21(13-15-24-16-14-23-18-24)19-9-11-20(22)12-10-19/h9-12,14,16,18,21H,2-8,13,15,17H2,1H3. The summed E-state index contributed by atoms with van der Waals surface area (Å²) in [6.45, 7) is 3.99. The number of nitrogens with zero attached hydrogens (tertiary/aromatic N) is 2. The number of halogens is 1. The van der Waals surface area contributed by atoms with Crippen LogP contribution in [0.15, 0.2) is 43.0 Å². The Morgan fingerprint density at radius 1 is 1.04 bits per heavy atom. The first-order valence-corrected chi connectivity index (χ1v) is 10.00. The lowest BCUT2D eigenvalue weighted by Gasteiger charge is -2.19. The van der Waals surface area contributed by atoms with Gasteiger partial charge in [-0.15, -0.1) is 0 Å². The largest absolute Gasteiger partial charge is 0.373 e. The Hall–Kier alpha value is -1.32. The number of ether oxygens (including phenoxy) is 1. The van der Waals surface area contributed by atoms with E-state index in [1.54, 1.807) is 0 Å². The summed E-state index contributed by atoms with van der Waals surface area (Å²) in [7, 11) is 0. The van der Waals surface area contributed by atoms with Crippen LogP contribution < -0.4 is 0 Å². The molecule has 1 heterocycles. The van der Waals surface area contributed by atoms with Crippen LogP contribution in [0.3, 0.4) is 0 Å². The van der Waals surface area contributed by atoms with Crippen molar-refractivity contribution in [2.24, 2.45) is 0 Å². The maximum Gasteiger partial charge on any atom is 0.0945 e. The van der Waals surface area contributed by atoms with Crippen LogP contribution in [0.2, 0.25) is 5.02 Å². The summed E-state index contributed by atoms with van der Waals surface area (Å²) in [4.78, 5) is 4.11. The highest BCUT2D eigenvalue weighted by molar-refractivity contribution is 6.30. The molecule has 2 aromatic rings. The minimum Gasteiger partial charge on any atom is -0.373 e. The maximum absolute atomic E-state index is 6.22. The van der Waals surface area contributed by atoms with Gasteiger partial charge < -0.3 is 9.30 Å². The Morgan fingerprint density at radius 2 is 1.76 bits per heavy atom. The van der Waals surface area contributed by atoms with E-state index >= 15 is 0 Å². The van der Waals surface area contributed by atoms with E-state index in [1.807, 2.05) is 30.9 Å². The number of aromatic nitrogens is 2. The molecule has 1 unspecified atom stereocenters. The highest BCUT2D eigenvalue weighted by Crippen LogP contribution is 2.24. The van der Waals surface area contributed by atoms with Crippen LogP contribution >= 0.6 is 11.6 Å². The minimum absolute atomic E-state index is 0.111. The number of unbranched alkanes of at least 4 members (excludes halogenated alkanes) is 6. The molecule has 0 N–H and O–H groups in total. The maximum atomic E-state index is 6.22. The van der Waals surface area contributed by atoms with Crippen LogP contribution in [-0.4, -0.2) is 16.2 Å². The third-order valence-electron chi connectivity index (χ3n) is 4.52.